The van der Waals surface area contributed by atoms with Crippen LogP contribution in [-0.2, 0) is 65.4 Å². The fraction of sp³-hybridized carbons (Fsp3) is 0.949. The topological polar surface area (TPSA) is 237 Å². The summed E-state index contributed by atoms with van der Waals surface area (Å²) in [5.41, 5.74) is 0. The van der Waals surface area contributed by atoms with Crippen molar-refractivity contribution in [3.05, 3.63) is 0 Å². The van der Waals surface area contributed by atoms with Gasteiger partial charge in [0.2, 0.25) is 0 Å². The zero-order valence-corrected chi connectivity index (χ0v) is 65.5. The molecular formula is C78H152O17P2. The van der Waals surface area contributed by atoms with Crippen LogP contribution in [0.4, 0.5) is 0 Å². The molecule has 0 bridgehead atoms. The van der Waals surface area contributed by atoms with Crippen molar-refractivity contribution in [1.29, 1.82) is 0 Å². The lowest BCUT2D eigenvalue weighted by molar-refractivity contribution is -0.161. The van der Waals surface area contributed by atoms with Gasteiger partial charge in [-0.2, -0.15) is 0 Å². The Morgan fingerprint density at radius 2 is 0.495 bits per heavy atom. The third kappa shape index (κ3) is 70.9. The van der Waals surface area contributed by atoms with Gasteiger partial charge in [0.1, 0.15) is 19.3 Å². The van der Waals surface area contributed by atoms with Crippen molar-refractivity contribution in [3.63, 3.8) is 0 Å². The first-order valence-corrected chi connectivity index (χ1v) is 43.2. The molecule has 19 heteroatoms. The second-order valence-electron chi connectivity index (χ2n) is 29.8. The zero-order valence-electron chi connectivity index (χ0n) is 63.7. The lowest BCUT2D eigenvalue weighted by Crippen LogP contribution is -2.30. The smallest absolute Gasteiger partial charge is 0.462 e. The fourth-order valence-electron chi connectivity index (χ4n) is 11.9. The Hall–Kier alpha value is -1.94. The number of phosphoric ester groups is 2. The van der Waals surface area contributed by atoms with Crippen molar-refractivity contribution in [3.8, 4) is 0 Å². The lowest BCUT2D eigenvalue weighted by atomic mass is 9.99. The number of carbonyl (C=O) groups excluding carboxylic acids is 4. The molecule has 6 atom stereocenters. The average Bonchev–Trinajstić information content (AvgIpc) is 1.03. The molecule has 576 valence electrons. The molecule has 0 aromatic heterocycles. The number of hydrogen-bond donors (Lipinski definition) is 3. The van der Waals surface area contributed by atoms with Crippen LogP contribution in [0.25, 0.3) is 0 Å². The number of aliphatic hydroxyl groups is 1. The number of hydrogen-bond acceptors (Lipinski definition) is 15. The zero-order chi connectivity index (χ0) is 71.7. The predicted molar refractivity (Wildman–Crippen MR) is 395 cm³/mol. The molecule has 3 N–H and O–H groups in total. The van der Waals surface area contributed by atoms with Gasteiger partial charge in [-0.1, -0.05) is 344 Å². The summed E-state index contributed by atoms with van der Waals surface area (Å²) in [7, 11) is -9.92. The molecule has 0 aliphatic carbocycles. The van der Waals surface area contributed by atoms with Crippen molar-refractivity contribution in [2.45, 2.75) is 414 Å². The summed E-state index contributed by atoms with van der Waals surface area (Å²) in [5.74, 6) is 0.933. The highest BCUT2D eigenvalue weighted by atomic mass is 31.2. The molecule has 17 nitrogen and oxygen atoms in total. The number of phosphoric acid groups is 2. The van der Waals surface area contributed by atoms with Gasteiger partial charge in [-0.3, -0.25) is 37.3 Å². The number of carbonyl (C=O) groups is 4. The molecule has 0 fully saturated rings. The maximum Gasteiger partial charge on any atom is 0.472 e. The third-order valence-corrected chi connectivity index (χ3v) is 20.3. The molecule has 0 heterocycles. The van der Waals surface area contributed by atoms with E-state index in [4.69, 9.17) is 37.0 Å². The van der Waals surface area contributed by atoms with Crippen LogP contribution >= 0.6 is 15.6 Å². The summed E-state index contributed by atoms with van der Waals surface area (Å²) in [6.45, 7) is 14.2. The number of esters is 4. The molecular weight excluding hydrogens is 1270 g/mol. The van der Waals surface area contributed by atoms with Crippen LogP contribution in [0.3, 0.4) is 0 Å². The van der Waals surface area contributed by atoms with Crippen LogP contribution < -0.4 is 0 Å². The van der Waals surface area contributed by atoms with Gasteiger partial charge >= 0.3 is 39.5 Å². The maximum atomic E-state index is 13.1. The van der Waals surface area contributed by atoms with Gasteiger partial charge in [-0.25, -0.2) is 9.13 Å². The Morgan fingerprint density at radius 1 is 0.289 bits per heavy atom. The first kappa shape index (κ1) is 95.1. The summed E-state index contributed by atoms with van der Waals surface area (Å²) in [6.07, 6.45) is 52.9. The van der Waals surface area contributed by atoms with E-state index in [0.29, 0.717) is 31.6 Å². The van der Waals surface area contributed by atoms with E-state index in [1.165, 1.54) is 193 Å². The predicted octanol–water partition coefficient (Wildman–Crippen LogP) is 22.8. The van der Waals surface area contributed by atoms with E-state index in [-0.39, 0.29) is 25.7 Å². The standard InChI is InChI=1S/C78H152O17P2/c1-9-71(8)57-49-41-32-28-29-33-42-50-58-75(80)88-64-73(94-77(82)60-52-44-34-26-22-17-15-13-11-10-12-14-16-20-24-30-38-46-54-68(2)3)66-92-96(84,85)90-62-72(79)63-91-97(86,87)93-67-74(65-89-76(81)59-51-43-37-36-40-48-56-70(6)7)95-78(83)61-53-45-35-27-23-19-18-21-25-31-39-47-55-69(4)5/h68-74,79H,9-67H2,1-8H3,(H,84,85)(H,86,87)/t71?,72-,73-,74-/m1/s1. The second-order valence-corrected chi connectivity index (χ2v) is 32.7. The van der Waals surface area contributed by atoms with Crippen molar-refractivity contribution in [1.82, 2.24) is 0 Å². The monoisotopic (exact) mass is 1420 g/mol. The van der Waals surface area contributed by atoms with Crippen LogP contribution in [0, 0.1) is 23.7 Å². The maximum absolute atomic E-state index is 13.1. The fourth-order valence-corrected chi connectivity index (χ4v) is 13.5. The van der Waals surface area contributed by atoms with Crippen LogP contribution in [0.15, 0.2) is 0 Å². The number of unbranched alkanes of at least 4 members (excludes halogenated alkanes) is 40. The summed E-state index contributed by atoms with van der Waals surface area (Å²) < 4.78 is 68.5. The Labute approximate surface area is 594 Å². The summed E-state index contributed by atoms with van der Waals surface area (Å²) in [4.78, 5) is 72.8. The molecule has 3 unspecified atom stereocenters. The molecule has 97 heavy (non-hydrogen) atoms. The number of rotatable bonds is 75. The van der Waals surface area contributed by atoms with E-state index in [2.05, 4.69) is 55.4 Å². The van der Waals surface area contributed by atoms with Gasteiger partial charge in [0.05, 0.1) is 26.4 Å². The average molecular weight is 1420 g/mol. The highest BCUT2D eigenvalue weighted by Crippen LogP contribution is 2.45. The van der Waals surface area contributed by atoms with E-state index < -0.39 is 97.5 Å². The van der Waals surface area contributed by atoms with Gasteiger partial charge in [-0.05, 0) is 49.4 Å². The van der Waals surface area contributed by atoms with Crippen molar-refractivity contribution >= 4 is 39.5 Å². The van der Waals surface area contributed by atoms with Crippen LogP contribution in [0.5, 0.6) is 0 Å². The van der Waals surface area contributed by atoms with Crippen molar-refractivity contribution in [2.75, 3.05) is 39.6 Å². The Balaban J connectivity index is 5.20. The minimum absolute atomic E-state index is 0.105. The van der Waals surface area contributed by atoms with Gasteiger partial charge in [0.25, 0.3) is 0 Å². The van der Waals surface area contributed by atoms with E-state index in [1.54, 1.807) is 0 Å². The molecule has 0 radical (unpaired) electrons. The quantitative estimate of drug-likeness (QED) is 0.0222. The first-order valence-electron chi connectivity index (χ1n) is 40.2. The van der Waals surface area contributed by atoms with Crippen molar-refractivity contribution < 1.29 is 80.2 Å². The molecule has 0 aromatic carbocycles. The first-order chi connectivity index (χ1) is 46.6. The van der Waals surface area contributed by atoms with Gasteiger partial charge < -0.3 is 33.8 Å². The summed E-state index contributed by atoms with van der Waals surface area (Å²) in [5, 5.41) is 10.6. The molecule has 0 rings (SSSR count). The van der Waals surface area contributed by atoms with E-state index in [0.717, 1.165) is 114 Å². The van der Waals surface area contributed by atoms with Crippen molar-refractivity contribution in [2.24, 2.45) is 23.7 Å². The minimum atomic E-state index is -4.96. The lowest BCUT2D eigenvalue weighted by Gasteiger charge is -2.21. The van der Waals surface area contributed by atoms with Crippen LogP contribution in [-0.4, -0.2) is 96.7 Å². The highest BCUT2D eigenvalue weighted by molar-refractivity contribution is 7.47. The molecule has 0 saturated heterocycles. The Morgan fingerprint density at radius 3 is 0.732 bits per heavy atom. The largest absolute Gasteiger partial charge is 0.472 e. The highest BCUT2D eigenvalue weighted by Gasteiger charge is 2.30. The van der Waals surface area contributed by atoms with E-state index in [9.17, 15) is 43.2 Å². The molecule has 0 aliphatic rings. The van der Waals surface area contributed by atoms with E-state index >= 15 is 0 Å². The number of ether oxygens (including phenoxy) is 4. The van der Waals surface area contributed by atoms with Gasteiger partial charge in [0, 0.05) is 25.7 Å². The number of aliphatic hydroxyl groups excluding tert-OH is 1. The van der Waals surface area contributed by atoms with Crippen LogP contribution in [0.1, 0.15) is 396 Å². The minimum Gasteiger partial charge on any atom is -0.462 e. The van der Waals surface area contributed by atoms with Gasteiger partial charge in [0.15, 0.2) is 12.2 Å². The molecule has 0 aliphatic heterocycles. The Kier molecular flexibility index (Phi) is 65.9. The van der Waals surface area contributed by atoms with Gasteiger partial charge in [-0.15, -0.1) is 0 Å². The SMILES string of the molecule is CCC(C)CCCCCCCCCCC(=O)OC[C@H](COP(=O)(O)OC[C@@H](O)COP(=O)(O)OC[C@@H](COC(=O)CCCCCCCCC(C)C)OC(=O)CCCCCCCCCCCCCCC(C)C)OC(=O)CCCCCCCCCCCCCCCCCCCCC(C)C. The summed E-state index contributed by atoms with van der Waals surface area (Å²) in [6, 6.07) is 0. The molecule has 0 amide bonds. The molecule has 0 aromatic rings. The van der Waals surface area contributed by atoms with Crippen LogP contribution in [0.2, 0.25) is 0 Å². The molecule has 0 spiro atoms. The third-order valence-electron chi connectivity index (χ3n) is 18.4. The normalized spacial score (nSPS) is 14.4. The summed E-state index contributed by atoms with van der Waals surface area (Å²) >= 11 is 0. The van der Waals surface area contributed by atoms with E-state index in [1.807, 2.05) is 0 Å². The second kappa shape index (κ2) is 67.2. The molecule has 0 saturated carbocycles. The Bertz CT molecular complexity index is 1900.